The number of nitrogens with one attached hydrogen (secondary N) is 2. The minimum absolute atomic E-state index is 0.0239. The fourth-order valence-electron chi connectivity index (χ4n) is 2.48. The number of ether oxygens (including phenoxy) is 1. The molecule has 2 N–H and O–H groups in total. The van der Waals surface area contributed by atoms with Crippen molar-refractivity contribution in [3.63, 3.8) is 0 Å². The van der Waals surface area contributed by atoms with Gasteiger partial charge in [0.05, 0.1) is 4.47 Å². The molecular weight excluding hydrogens is 420 g/mol. The average Bonchev–Trinajstić information content (AvgIpc) is 2.64. The number of carbonyl (C=O) groups excluding carboxylic acids is 2. The Morgan fingerprint density at radius 3 is 2.21 bits per heavy atom. The third-order valence-corrected chi connectivity index (χ3v) is 4.93. The van der Waals surface area contributed by atoms with Crippen LogP contribution >= 0.6 is 15.9 Å². The van der Waals surface area contributed by atoms with Gasteiger partial charge in [-0.2, -0.15) is 0 Å². The van der Waals surface area contributed by atoms with Gasteiger partial charge >= 0.3 is 0 Å². The summed E-state index contributed by atoms with van der Waals surface area (Å²) in [5.74, 6) is 0.141. The number of amides is 2. The van der Waals surface area contributed by atoms with E-state index in [0.29, 0.717) is 17.2 Å². The maximum Gasteiger partial charge on any atom is 0.276 e. The topological polar surface area (TPSA) is 67.4 Å². The monoisotopic (exact) mass is 446 g/mol. The molecule has 0 saturated heterocycles. The smallest absolute Gasteiger partial charge is 0.276 e. The summed E-state index contributed by atoms with van der Waals surface area (Å²) in [5.41, 5.74) is 7.57. The lowest BCUT2D eigenvalue weighted by atomic mass is 9.87. The first-order valence-electron chi connectivity index (χ1n) is 9.20. The highest BCUT2D eigenvalue weighted by Crippen LogP contribution is 2.31. The molecule has 6 heteroatoms. The van der Waals surface area contributed by atoms with Crippen LogP contribution in [0.15, 0.2) is 46.9 Å². The molecule has 0 atom stereocenters. The zero-order valence-electron chi connectivity index (χ0n) is 16.9. The van der Waals surface area contributed by atoms with Crippen molar-refractivity contribution in [3.05, 3.63) is 63.6 Å². The number of rotatable bonds is 5. The second-order valence-corrected chi connectivity index (χ2v) is 8.82. The van der Waals surface area contributed by atoms with Gasteiger partial charge in [0.15, 0.2) is 6.61 Å². The molecule has 0 aromatic heterocycles. The van der Waals surface area contributed by atoms with E-state index in [1.807, 2.05) is 30.3 Å². The van der Waals surface area contributed by atoms with Crippen LogP contribution in [0.4, 0.5) is 0 Å². The Hall–Kier alpha value is -2.34. The van der Waals surface area contributed by atoms with Gasteiger partial charge in [-0.05, 0) is 62.7 Å². The van der Waals surface area contributed by atoms with Gasteiger partial charge in [0.25, 0.3) is 11.8 Å². The molecule has 2 rings (SSSR count). The van der Waals surface area contributed by atoms with E-state index in [-0.39, 0.29) is 17.9 Å². The molecule has 0 fully saturated rings. The summed E-state index contributed by atoms with van der Waals surface area (Å²) in [6, 6.07) is 13.1. The van der Waals surface area contributed by atoms with Crippen molar-refractivity contribution in [2.45, 2.75) is 46.0 Å². The maximum absolute atomic E-state index is 12.1. The molecule has 2 aromatic rings. The third kappa shape index (κ3) is 6.09. The van der Waals surface area contributed by atoms with Crippen molar-refractivity contribution < 1.29 is 14.3 Å². The third-order valence-electron chi connectivity index (χ3n) is 4.31. The summed E-state index contributed by atoms with van der Waals surface area (Å²) in [5, 5.41) is 0. The van der Waals surface area contributed by atoms with Crippen molar-refractivity contribution in [1.29, 1.82) is 0 Å². The van der Waals surface area contributed by atoms with Crippen LogP contribution in [0, 0.1) is 0 Å². The van der Waals surface area contributed by atoms with E-state index in [1.54, 1.807) is 12.1 Å². The SMILES string of the molecule is CC(C)c1ccc(C(=O)NNC(=O)COc2ccc(C(C)(C)C)cc2Br)cc1. The number of halogens is 1. The molecule has 5 nitrogen and oxygen atoms in total. The van der Waals surface area contributed by atoms with E-state index < -0.39 is 5.91 Å². The van der Waals surface area contributed by atoms with E-state index in [0.717, 1.165) is 15.6 Å². The van der Waals surface area contributed by atoms with Crippen molar-refractivity contribution in [2.75, 3.05) is 6.61 Å². The molecule has 0 spiro atoms. The van der Waals surface area contributed by atoms with Crippen LogP contribution in [0.3, 0.4) is 0 Å². The number of hydrazine groups is 1. The Labute approximate surface area is 175 Å². The number of carbonyl (C=O) groups is 2. The Balaban J connectivity index is 1.85. The van der Waals surface area contributed by atoms with E-state index in [2.05, 4.69) is 61.4 Å². The van der Waals surface area contributed by atoms with Crippen LogP contribution in [0.2, 0.25) is 0 Å². The van der Waals surface area contributed by atoms with Gasteiger partial charge in [-0.1, -0.05) is 52.8 Å². The second kappa shape index (κ2) is 9.24. The molecule has 0 unspecified atom stereocenters. The predicted octanol–water partition coefficient (Wildman–Crippen LogP) is 4.71. The van der Waals surface area contributed by atoms with Gasteiger partial charge < -0.3 is 4.74 Å². The van der Waals surface area contributed by atoms with Crippen molar-refractivity contribution in [2.24, 2.45) is 0 Å². The van der Waals surface area contributed by atoms with Gasteiger partial charge in [0, 0.05) is 5.56 Å². The number of hydrogen-bond donors (Lipinski definition) is 2. The van der Waals surface area contributed by atoms with Gasteiger partial charge in [-0.25, -0.2) is 0 Å². The molecule has 0 aliphatic carbocycles. The molecular formula is C22H27BrN2O3. The van der Waals surface area contributed by atoms with Crippen LogP contribution in [0.5, 0.6) is 5.75 Å². The first-order valence-corrected chi connectivity index (χ1v) is 9.99. The first-order chi connectivity index (χ1) is 13.1. The summed E-state index contributed by atoms with van der Waals surface area (Å²) in [7, 11) is 0. The molecule has 150 valence electrons. The molecule has 0 saturated carbocycles. The summed E-state index contributed by atoms with van der Waals surface area (Å²) in [6.45, 7) is 10.3. The van der Waals surface area contributed by atoms with Gasteiger partial charge in [-0.3, -0.25) is 20.4 Å². The quantitative estimate of drug-likeness (QED) is 0.653. The largest absolute Gasteiger partial charge is 0.483 e. The van der Waals surface area contributed by atoms with Crippen LogP contribution in [-0.4, -0.2) is 18.4 Å². The summed E-state index contributed by atoms with van der Waals surface area (Å²) in [4.78, 5) is 24.1. The highest BCUT2D eigenvalue weighted by molar-refractivity contribution is 9.10. The minimum atomic E-state index is -0.445. The van der Waals surface area contributed by atoms with E-state index in [1.165, 1.54) is 0 Å². The molecule has 2 amide bonds. The lowest BCUT2D eigenvalue weighted by molar-refractivity contribution is -0.123. The van der Waals surface area contributed by atoms with Gasteiger partial charge in [0.2, 0.25) is 0 Å². The average molecular weight is 447 g/mol. The fraction of sp³-hybridized carbons (Fsp3) is 0.364. The maximum atomic E-state index is 12.1. The summed E-state index contributed by atoms with van der Waals surface area (Å²) >= 11 is 3.47. The van der Waals surface area contributed by atoms with Crippen LogP contribution < -0.4 is 15.6 Å². The van der Waals surface area contributed by atoms with E-state index in [4.69, 9.17) is 4.74 Å². The zero-order valence-corrected chi connectivity index (χ0v) is 18.5. The molecule has 28 heavy (non-hydrogen) atoms. The first kappa shape index (κ1) is 22.0. The molecule has 0 bridgehead atoms. The lowest BCUT2D eigenvalue weighted by Crippen LogP contribution is -2.43. The molecule has 0 aliphatic rings. The Bertz CT molecular complexity index is 840. The molecule has 0 aliphatic heterocycles. The normalized spacial score (nSPS) is 11.2. The Kier molecular flexibility index (Phi) is 7.24. The van der Waals surface area contributed by atoms with Crippen LogP contribution in [0.25, 0.3) is 0 Å². The fourth-order valence-corrected chi connectivity index (χ4v) is 2.98. The second-order valence-electron chi connectivity index (χ2n) is 7.96. The highest BCUT2D eigenvalue weighted by atomic mass is 79.9. The van der Waals surface area contributed by atoms with Crippen molar-refractivity contribution in [3.8, 4) is 5.75 Å². The number of benzene rings is 2. The summed E-state index contributed by atoms with van der Waals surface area (Å²) in [6.07, 6.45) is 0. The minimum Gasteiger partial charge on any atom is -0.483 e. The van der Waals surface area contributed by atoms with Crippen LogP contribution in [-0.2, 0) is 10.2 Å². The Morgan fingerprint density at radius 1 is 1.04 bits per heavy atom. The predicted molar refractivity (Wildman–Crippen MR) is 114 cm³/mol. The van der Waals surface area contributed by atoms with E-state index in [9.17, 15) is 9.59 Å². The number of hydrogen-bond acceptors (Lipinski definition) is 3. The lowest BCUT2D eigenvalue weighted by Gasteiger charge is -2.20. The van der Waals surface area contributed by atoms with Crippen LogP contribution in [0.1, 0.15) is 62.0 Å². The van der Waals surface area contributed by atoms with Crippen molar-refractivity contribution >= 4 is 27.7 Å². The van der Waals surface area contributed by atoms with Crippen molar-refractivity contribution in [1.82, 2.24) is 10.9 Å². The highest BCUT2D eigenvalue weighted by Gasteiger charge is 2.16. The summed E-state index contributed by atoms with van der Waals surface area (Å²) < 4.78 is 6.32. The molecule has 2 aromatic carbocycles. The van der Waals surface area contributed by atoms with Gasteiger partial charge in [-0.15, -0.1) is 0 Å². The molecule has 0 radical (unpaired) electrons. The molecule has 0 heterocycles. The standard InChI is InChI=1S/C22H27BrN2O3/c1-14(2)15-6-8-16(9-7-15)21(27)25-24-20(26)13-28-19-11-10-17(12-18(19)23)22(3,4)5/h6-12,14H,13H2,1-5H3,(H,24,26)(H,25,27). The van der Waals surface area contributed by atoms with E-state index >= 15 is 0 Å². The van der Waals surface area contributed by atoms with Gasteiger partial charge in [0.1, 0.15) is 5.75 Å². The zero-order chi connectivity index (χ0) is 20.9. The Morgan fingerprint density at radius 2 is 1.68 bits per heavy atom.